The molecule has 0 saturated carbocycles. The Labute approximate surface area is 166 Å². The normalized spacial score (nSPS) is 17.4. The topological polar surface area (TPSA) is 90.7 Å². The van der Waals surface area contributed by atoms with E-state index in [2.05, 4.69) is 4.98 Å². The van der Waals surface area contributed by atoms with Crippen LogP contribution in [0, 0.1) is 0 Å². The highest BCUT2D eigenvalue weighted by Crippen LogP contribution is 2.55. The number of allylic oxidation sites excluding steroid dienone is 2. The second kappa shape index (κ2) is 7.65. The van der Waals surface area contributed by atoms with E-state index in [-0.39, 0.29) is 10.5 Å². The lowest BCUT2D eigenvalue weighted by atomic mass is 9.63. The number of nitrogens with zero attached hydrogens (tertiary/aromatic N) is 2. The van der Waals surface area contributed by atoms with Crippen LogP contribution in [0.3, 0.4) is 0 Å². The van der Waals surface area contributed by atoms with E-state index < -0.39 is 65.2 Å². The molecule has 1 aliphatic rings. The maximum absolute atomic E-state index is 14.0. The van der Waals surface area contributed by atoms with Crippen molar-refractivity contribution in [1.82, 2.24) is 9.88 Å². The third kappa shape index (κ3) is 3.50. The number of hydrogen-bond donors (Lipinski definition) is 2. The van der Waals surface area contributed by atoms with Gasteiger partial charge in [0.15, 0.2) is 0 Å². The van der Waals surface area contributed by atoms with Crippen LogP contribution >= 0.6 is 0 Å². The average molecular weight is 438 g/mol. The molecule has 2 rings (SSSR count). The zero-order valence-electron chi connectivity index (χ0n) is 15.6. The fraction of sp³-hybridized carbons (Fsp3) is 0.389. The molecule has 0 unspecified atom stereocenters. The average Bonchev–Trinajstić information content (AvgIpc) is 2.64. The number of carboxylic acids is 2. The number of hydrogen-bond acceptors (Lipinski definition) is 4. The Morgan fingerprint density at radius 3 is 1.60 bits per heavy atom. The number of alkyl halides is 6. The highest BCUT2D eigenvalue weighted by molar-refractivity contribution is 6.01. The molecule has 30 heavy (non-hydrogen) atoms. The van der Waals surface area contributed by atoms with Crippen LogP contribution in [0.25, 0.3) is 0 Å². The van der Waals surface area contributed by atoms with Crippen molar-refractivity contribution in [2.75, 3.05) is 6.54 Å². The molecule has 0 fully saturated rings. The lowest BCUT2D eigenvalue weighted by molar-refractivity contribution is -0.148. The highest BCUT2D eigenvalue weighted by atomic mass is 19.4. The summed E-state index contributed by atoms with van der Waals surface area (Å²) >= 11 is 0. The predicted molar refractivity (Wildman–Crippen MR) is 90.0 cm³/mol. The minimum atomic E-state index is -5.52. The highest BCUT2D eigenvalue weighted by Gasteiger charge is 2.61. The number of carbonyl (C=O) groups is 2. The van der Waals surface area contributed by atoms with Gasteiger partial charge in [-0.25, -0.2) is 9.59 Å². The Bertz CT molecular complexity index is 869. The first kappa shape index (κ1) is 23.2. The first-order chi connectivity index (χ1) is 13.7. The van der Waals surface area contributed by atoms with Crippen LogP contribution in [0.4, 0.5) is 26.3 Å². The Hall–Kier alpha value is -3.05. The minimum absolute atomic E-state index is 0.331. The molecule has 0 atom stereocenters. The fourth-order valence-corrected chi connectivity index (χ4v) is 3.87. The van der Waals surface area contributed by atoms with Crippen molar-refractivity contribution in [3.8, 4) is 0 Å². The van der Waals surface area contributed by atoms with Crippen molar-refractivity contribution in [2.24, 2.45) is 0 Å². The molecule has 0 aromatic carbocycles. The fourth-order valence-electron chi connectivity index (χ4n) is 3.87. The van der Waals surface area contributed by atoms with Gasteiger partial charge in [0.2, 0.25) is 0 Å². The van der Waals surface area contributed by atoms with Gasteiger partial charge in [-0.15, -0.1) is 0 Å². The van der Waals surface area contributed by atoms with Crippen LogP contribution < -0.4 is 0 Å². The number of rotatable bonds is 5. The number of carboxylic acid groups (broad SMARTS) is 2. The summed E-state index contributed by atoms with van der Waals surface area (Å²) in [5.74, 6) is -4.36. The van der Waals surface area contributed by atoms with Crippen LogP contribution in [-0.2, 0) is 15.0 Å². The van der Waals surface area contributed by atoms with Crippen LogP contribution in [0.2, 0.25) is 0 Å². The van der Waals surface area contributed by atoms with Crippen LogP contribution in [-0.4, -0.2) is 50.9 Å². The van der Waals surface area contributed by atoms with Crippen molar-refractivity contribution >= 4 is 11.9 Å². The first-order valence-corrected chi connectivity index (χ1v) is 8.53. The molecule has 2 heterocycles. The lowest BCUT2D eigenvalue weighted by Crippen LogP contribution is -2.51. The summed E-state index contributed by atoms with van der Waals surface area (Å²) in [5.41, 5.74) is -10.2. The Morgan fingerprint density at radius 1 is 0.933 bits per heavy atom. The molecule has 0 spiro atoms. The first-order valence-electron chi connectivity index (χ1n) is 8.53. The second-order valence-electron chi connectivity index (χ2n) is 6.29. The van der Waals surface area contributed by atoms with Gasteiger partial charge in [0.05, 0.1) is 16.6 Å². The predicted octanol–water partition coefficient (Wildman–Crippen LogP) is 3.87. The smallest absolute Gasteiger partial charge is 0.432 e. The Morgan fingerprint density at radius 2 is 1.33 bits per heavy atom. The molecule has 6 nitrogen and oxygen atoms in total. The van der Waals surface area contributed by atoms with Gasteiger partial charge in [-0.2, -0.15) is 26.3 Å². The van der Waals surface area contributed by atoms with Gasteiger partial charge in [-0.3, -0.25) is 4.98 Å². The van der Waals surface area contributed by atoms with E-state index in [0.717, 1.165) is 38.4 Å². The van der Waals surface area contributed by atoms with Gasteiger partial charge < -0.3 is 15.1 Å². The van der Waals surface area contributed by atoms with Gasteiger partial charge in [0, 0.05) is 18.9 Å². The maximum Gasteiger partial charge on any atom is 0.432 e. The van der Waals surface area contributed by atoms with Gasteiger partial charge >= 0.3 is 24.3 Å². The van der Waals surface area contributed by atoms with E-state index in [1.807, 2.05) is 0 Å². The summed E-state index contributed by atoms with van der Waals surface area (Å²) in [6.07, 6.45) is -9.68. The van der Waals surface area contributed by atoms with Gasteiger partial charge in [-0.05, 0) is 31.0 Å². The quantitative estimate of drug-likeness (QED) is 0.679. The van der Waals surface area contributed by atoms with Crippen molar-refractivity contribution in [3.05, 3.63) is 52.6 Å². The standard InChI is InChI=1S/C18H16F6N2O4/c1-3-16(9-5-7-25-8-6-9)10(14(27)28)12(17(19,20)21)26(4-2)13(18(22,23)24)11(16)15(29)30/h5-8H,3-4H2,1-2H3,(H,27,28)(H,29,30). The second-order valence-corrected chi connectivity index (χ2v) is 6.29. The van der Waals surface area contributed by atoms with E-state index in [0.29, 0.717) is 0 Å². The largest absolute Gasteiger partial charge is 0.478 e. The lowest BCUT2D eigenvalue weighted by Gasteiger charge is -2.45. The Kier molecular flexibility index (Phi) is 5.92. The zero-order chi connectivity index (χ0) is 23.1. The molecule has 2 N–H and O–H groups in total. The molecule has 0 saturated heterocycles. The minimum Gasteiger partial charge on any atom is -0.478 e. The summed E-state index contributed by atoms with van der Waals surface area (Å²) in [5, 5.41) is 19.4. The molecule has 164 valence electrons. The molecule has 12 heteroatoms. The van der Waals surface area contributed by atoms with E-state index in [1.165, 1.54) is 0 Å². The SMILES string of the molecule is CCN1C(C(F)(F)F)=C(C(=O)O)C(CC)(c2ccncc2)C(C(=O)O)=C1C(F)(F)F. The monoisotopic (exact) mass is 438 g/mol. The van der Waals surface area contributed by atoms with Crippen LogP contribution in [0.1, 0.15) is 25.8 Å². The van der Waals surface area contributed by atoms with Crippen LogP contribution in [0.5, 0.6) is 0 Å². The van der Waals surface area contributed by atoms with Gasteiger partial charge in [-0.1, -0.05) is 6.92 Å². The molecule has 1 aliphatic heterocycles. The maximum atomic E-state index is 14.0. The summed E-state index contributed by atoms with van der Waals surface area (Å²) in [6.45, 7) is 1.09. The van der Waals surface area contributed by atoms with E-state index in [9.17, 15) is 46.1 Å². The summed E-state index contributed by atoms with van der Waals surface area (Å²) in [6, 6.07) is 2.00. The molecular formula is C18H16F6N2O4. The van der Waals surface area contributed by atoms with E-state index >= 15 is 0 Å². The van der Waals surface area contributed by atoms with Crippen molar-refractivity contribution in [2.45, 2.75) is 38.0 Å². The molecular weight excluding hydrogens is 422 g/mol. The number of aliphatic carboxylic acids is 2. The number of halogens is 6. The molecule has 0 aliphatic carbocycles. The zero-order valence-corrected chi connectivity index (χ0v) is 15.6. The summed E-state index contributed by atoms with van der Waals surface area (Å²) < 4.78 is 83.8. The van der Waals surface area contributed by atoms with Crippen LogP contribution in [0.15, 0.2) is 47.1 Å². The summed E-state index contributed by atoms with van der Waals surface area (Å²) in [7, 11) is 0. The van der Waals surface area contributed by atoms with Crippen molar-refractivity contribution in [1.29, 1.82) is 0 Å². The third-order valence-corrected chi connectivity index (χ3v) is 4.85. The van der Waals surface area contributed by atoms with Gasteiger partial charge in [0.1, 0.15) is 11.4 Å². The van der Waals surface area contributed by atoms with E-state index in [4.69, 9.17) is 0 Å². The molecule has 0 amide bonds. The van der Waals surface area contributed by atoms with Crippen molar-refractivity contribution < 1.29 is 46.1 Å². The summed E-state index contributed by atoms with van der Waals surface area (Å²) in [4.78, 5) is 27.4. The molecule has 0 bridgehead atoms. The molecule has 0 radical (unpaired) electrons. The number of aromatic nitrogens is 1. The number of pyridine rings is 1. The van der Waals surface area contributed by atoms with Crippen molar-refractivity contribution in [3.63, 3.8) is 0 Å². The molecule has 1 aromatic heterocycles. The Balaban J connectivity index is 3.26. The van der Waals surface area contributed by atoms with E-state index in [1.54, 1.807) is 0 Å². The molecule has 1 aromatic rings. The third-order valence-electron chi connectivity index (χ3n) is 4.85. The van der Waals surface area contributed by atoms with Gasteiger partial charge in [0.25, 0.3) is 0 Å².